The lowest BCUT2D eigenvalue weighted by atomic mass is 9.91. The van der Waals surface area contributed by atoms with E-state index in [0.717, 1.165) is 73.1 Å². The van der Waals surface area contributed by atoms with E-state index in [4.69, 9.17) is 18.7 Å². The molecule has 0 saturated heterocycles. The number of benzene rings is 3. The Bertz CT molecular complexity index is 2220. The zero-order valence-electron chi connectivity index (χ0n) is 30.0. The molecule has 0 aliphatic rings. The molecular weight excluding hydrogens is 669 g/mol. The predicted octanol–water partition coefficient (Wildman–Crippen LogP) is 13.4. The first kappa shape index (κ1) is 34.7. The molecule has 2 atom stereocenters. The van der Waals surface area contributed by atoms with E-state index in [0.29, 0.717) is 5.92 Å². The van der Waals surface area contributed by atoms with Gasteiger partial charge in [-0.15, -0.1) is 22.7 Å². The molecule has 0 radical (unpaired) electrons. The first-order chi connectivity index (χ1) is 24.4. The summed E-state index contributed by atoms with van der Waals surface area (Å²) in [5.41, 5.74) is 12.9. The molecular formula is C43H46N4S3. The number of aryl methyl sites for hydroxylation is 2. The molecule has 2 unspecified atom stereocenters. The second-order valence-corrected chi connectivity index (χ2v) is 16.6. The van der Waals surface area contributed by atoms with Crippen molar-refractivity contribution < 1.29 is 0 Å². The van der Waals surface area contributed by atoms with Crippen molar-refractivity contribution in [3.8, 4) is 41.8 Å². The molecule has 0 amide bonds. The SMILES string of the molecule is CCCCC(CC)Cc1ccc(-c2ccc(-c3c4nsnc4c(-c4ccc(-c5ccc(CC(C)CC)cc5)s4)c4nc(C)c(C)nc34)s2)cc1. The number of unbranched alkanes of at least 4 members (excludes halogenated alkanes) is 1. The summed E-state index contributed by atoms with van der Waals surface area (Å²) in [5, 5.41) is 0. The maximum atomic E-state index is 5.21. The van der Waals surface area contributed by atoms with Crippen LogP contribution in [0.2, 0.25) is 0 Å². The molecule has 0 N–H and O–H groups in total. The molecule has 0 bridgehead atoms. The first-order valence-electron chi connectivity index (χ1n) is 18.2. The fourth-order valence-electron chi connectivity index (χ4n) is 6.85. The first-order valence-corrected chi connectivity index (χ1v) is 20.5. The van der Waals surface area contributed by atoms with Crippen molar-refractivity contribution in [3.63, 3.8) is 0 Å². The molecule has 0 aliphatic carbocycles. The summed E-state index contributed by atoms with van der Waals surface area (Å²) in [6.07, 6.45) is 8.62. The molecule has 3 aromatic carbocycles. The molecule has 256 valence electrons. The van der Waals surface area contributed by atoms with E-state index in [-0.39, 0.29) is 0 Å². The molecule has 4 heterocycles. The number of fused-ring (bicyclic) bond motifs is 2. The van der Waals surface area contributed by atoms with Crippen LogP contribution < -0.4 is 0 Å². The zero-order valence-corrected chi connectivity index (χ0v) is 32.5. The van der Waals surface area contributed by atoms with Crippen LogP contribution in [0.1, 0.15) is 82.3 Å². The lowest BCUT2D eigenvalue weighted by molar-refractivity contribution is 0.449. The number of hydrogen-bond donors (Lipinski definition) is 0. The largest absolute Gasteiger partial charge is 0.249 e. The van der Waals surface area contributed by atoms with E-state index in [1.807, 2.05) is 0 Å². The molecule has 0 fully saturated rings. The molecule has 0 saturated carbocycles. The highest BCUT2D eigenvalue weighted by molar-refractivity contribution is 7.19. The number of aromatic nitrogens is 4. The Morgan fingerprint density at radius 3 is 1.50 bits per heavy atom. The van der Waals surface area contributed by atoms with Crippen molar-refractivity contribution in [1.82, 2.24) is 18.7 Å². The van der Waals surface area contributed by atoms with Gasteiger partial charge in [-0.1, -0.05) is 108 Å². The van der Waals surface area contributed by atoms with Crippen molar-refractivity contribution in [2.24, 2.45) is 11.8 Å². The van der Waals surface area contributed by atoms with Gasteiger partial charge in [0.05, 0.1) is 23.1 Å². The van der Waals surface area contributed by atoms with Gasteiger partial charge in [0.25, 0.3) is 0 Å². The van der Waals surface area contributed by atoms with Crippen molar-refractivity contribution >= 4 is 56.5 Å². The molecule has 4 nitrogen and oxygen atoms in total. The van der Waals surface area contributed by atoms with Crippen LogP contribution in [0.15, 0.2) is 72.8 Å². The van der Waals surface area contributed by atoms with E-state index >= 15 is 0 Å². The summed E-state index contributed by atoms with van der Waals surface area (Å²) < 4.78 is 9.82. The Morgan fingerprint density at radius 1 is 0.560 bits per heavy atom. The summed E-state index contributed by atoms with van der Waals surface area (Å²) in [7, 11) is 0. The third-order valence-corrected chi connectivity index (χ3v) is 13.1. The Morgan fingerprint density at radius 2 is 1.04 bits per heavy atom. The number of rotatable bonds is 13. The lowest BCUT2D eigenvalue weighted by Crippen LogP contribution is -2.03. The molecule has 4 aromatic heterocycles. The van der Waals surface area contributed by atoms with Crippen LogP contribution in [0.25, 0.3) is 63.8 Å². The van der Waals surface area contributed by atoms with Crippen molar-refractivity contribution in [2.45, 2.75) is 86.5 Å². The Labute approximate surface area is 309 Å². The Kier molecular flexibility index (Phi) is 10.6. The van der Waals surface area contributed by atoms with Crippen LogP contribution in [-0.2, 0) is 12.8 Å². The third kappa shape index (κ3) is 7.05. The van der Waals surface area contributed by atoms with Gasteiger partial charge in [0.15, 0.2) is 0 Å². The minimum Gasteiger partial charge on any atom is -0.249 e. The van der Waals surface area contributed by atoms with E-state index in [2.05, 4.69) is 114 Å². The van der Waals surface area contributed by atoms with Gasteiger partial charge in [0.2, 0.25) is 0 Å². The topological polar surface area (TPSA) is 51.6 Å². The normalized spacial score (nSPS) is 13.0. The predicted molar refractivity (Wildman–Crippen MR) is 218 cm³/mol. The van der Waals surface area contributed by atoms with E-state index in [9.17, 15) is 0 Å². The molecule has 7 rings (SSSR count). The average molecular weight is 715 g/mol. The highest BCUT2D eigenvalue weighted by Crippen LogP contribution is 2.47. The van der Waals surface area contributed by atoms with Gasteiger partial charge < -0.3 is 0 Å². The lowest BCUT2D eigenvalue weighted by Gasteiger charge is -2.14. The van der Waals surface area contributed by atoms with Crippen LogP contribution in [0.4, 0.5) is 0 Å². The smallest absolute Gasteiger partial charge is 0.116 e. The van der Waals surface area contributed by atoms with Crippen molar-refractivity contribution in [2.75, 3.05) is 0 Å². The summed E-state index contributed by atoms with van der Waals surface area (Å²) in [4.78, 5) is 15.2. The zero-order chi connectivity index (χ0) is 34.8. The molecule has 7 heteroatoms. The second-order valence-electron chi connectivity index (χ2n) is 13.9. The molecule has 0 spiro atoms. The van der Waals surface area contributed by atoms with Gasteiger partial charge in [-0.25, -0.2) is 9.97 Å². The van der Waals surface area contributed by atoms with Gasteiger partial charge in [-0.3, -0.25) is 0 Å². The maximum absolute atomic E-state index is 5.21. The fraction of sp³-hybridized carbons (Fsp3) is 0.349. The fourth-order valence-corrected chi connectivity index (χ4v) is 9.52. The van der Waals surface area contributed by atoms with Gasteiger partial charge in [-0.2, -0.15) is 8.75 Å². The Balaban J connectivity index is 1.26. The molecule has 50 heavy (non-hydrogen) atoms. The number of thiophene rings is 2. The second kappa shape index (κ2) is 15.2. The Hall–Kier alpha value is -3.78. The number of nitrogens with zero attached hydrogens (tertiary/aromatic N) is 4. The third-order valence-electron chi connectivity index (χ3n) is 10.3. The van der Waals surface area contributed by atoms with E-state index in [1.165, 1.54) is 75.8 Å². The monoisotopic (exact) mass is 714 g/mol. The van der Waals surface area contributed by atoms with Crippen LogP contribution in [-0.4, -0.2) is 18.7 Å². The van der Waals surface area contributed by atoms with Crippen molar-refractivity contribution in [3.05, 3.63) is 95.3 Å². The van der Waals surface area contributed by atoms with Crippen LogP contribution in [0, 0.1) is 25.7 Å². The molecule has 7 aromatic rings. The van der Waals surface area contributed by atoms with Crippen molar-refractivity contribution in [1.29, 1.82) is 0 Å². The average Bonchev–Trinajstić information content (AvgIpc) is 3.93. The van der Waals surface area contributed by atoms with E-state index < -0.39 is 0 Å². The van der Waals surface area contributed by atoms with Gasteiger partial charge in [0, 0.05) is 30.6 Å². The van der Waals surface area contributed by atoms with Crippen LogP contribution in [0.5, 0.6) is 0 Å². The summed E-state index contributed by atoms with van der Waals surface area (Å²) in [6.45, 7) is 13.3. The maximum Gasteiger partial charge on any atom is 0.116 e. The molecule has 0 aliphatic heterocycles. The highest BCUT2D eigenvalue weighted by atomic mass is 32.1. The van der Waals surface area contributed by atoms with E-state index in [1.54, 1.807) is 22.7 Å². The minimum absolute atomic E-state index is 0.693. The summed E-state index contributed by atoms with van der Waals surface area (Å²) >= 11 is 4.86. The van der Waals surface area contributed by atoms with Gasteiger partial charge in [-0.05, 0) is 85.0 Å². The summed E-state index contributed by atoms with van der Waals surface area (Å²) in [5.74, 6) is 1.46. The summed E-state index contributed by atoms with van der Waals surface area (Å²) in [6, 6.07) is 27.2. The van der Waals surface area contributed by atoms with Crippen LogP contribution in [0.3, 0.4) is 0 Å². The van der Waals surface area contributed by atoms with Gasteiger partial charge in [0.1, 0.15) is 22.1 Å². The minimum atomic E-state index is 0.693. The quantitative estimate of drug-likeness (QED) is 0.119. The number of hydrogen-bond acceptors (Lipinski definition) is 7. The highest BCUT2D eigenvalue weighted by Gasteiger charge is 2.25. The van der Waals surface area contributed by atoms with Crippen LogP contribution >= 0.6 is 34.4 Å². The van der Waals surface area contributed by atoms with Gasteiger partial charge >= 0.3 is 0 Å². The standard InChI is InChI=1S/C43H46N4S3/c1-7-10-11-29(9-3)25-31-14-18-33(19-15-31)35-21-23-37(49-35)39-41-40(44-27(5)28(6)45-41)38(42-43(39)47-50-46-42)36-22-20-34(48-36)32-16-12-30(13-17-32)24-26(4)8-2/h12-23,26,29H,7-11,24-25H2,1-6H3.